The van der Waals surface area contributed by atoms with Crippen LogP contribution < -0.4 is 0 Å². The number of hydrogen-bond acceptors (Lipinski definition) is 4. The van der Waals surface area contributed by atoms with E-state index in [4.69, 9.17) is 0 Å². The maximum atomic E-state index is 13.2. The topological polar surface area (TPSA) is 86.4 Å². The average Bonchev–Trinajstić information content (AvgIpc) is 3.13. The molecule has 1 saturated heterocycles. The van der Waals surface area contributed by atoms with E-state index in [0.717, 1.165) is 5.56 Å². The molecule has 8 heteroatoms. The highest BCUT2D eigenvalue weighted by Gasteiger charge is 2.36. The SMILES string of the molecule is Cc1ccc(C(=O)N2CCN(S(=O)(=O)c3c[nH]c4ncccc34)C(C)C2)cc1. The Morgan fingerprint density at radius 3 is 2.64 bits per heavy atom. The fraction of sp³-hybridized carbons (Fsp3) is 0.300. The number of aryl methyl sites for hydroxylation is 1. The number of nitrogens with one attached hydrogen (secondary N) is 1. The van der Waals surface area contributed by atoms with Crippen LogP contribution in [0.15, 0.2) is 53.7 Å². The van der Waals surface area contributed by atoms with E-state index in [1.807, 2.05) is 38.1 Å². The second-order valence-electron chi connectivity index (χ2n) is 7.13. The van der Waals surface area contributed by atoms with Crippen molar-refractivity contribution in [2.45, 2.75) is 24.8 Å². The molecular weight excluding hydrogens is 376 g/mol. The number of sulfonamides is 1. The third kappa shape index (κ3) is 3.18. The second kappa shape index (κ2) is 7.03. The first kappa shape index (κ1) is 18.6. The number of rotatable bonds is 3. The van der Waals surface area contributed by atoms with Crippen LogP contribution in [0.4, 0.5) is 0 Å². The number of fused-ring (bicyclic) bond motifs is 1. The summed E-state index contributed by atoms with van der Waals surface area (Å²) >= 11 is 0. The van der Waals surface area contributed by atoms with Gasteiger partial charge in [-0.3, -0.25) is 4.79 Å². The van der Waals surface area contributed by atoms with Gasteiger partial charge in [-0.15, -0.1) is 0 Å². The fourth-order valence-electron chi connectivity index (χ4n) is 3.63. The zero-order valence-corrected chi connectivity index (χ0v) is 16.6. The van der Waals surface area contributed by atoms with Gasteiger partial charge in [0.1, 0.15) is 10.5 Å². The van der Waals surface area contributed by atoms with Gasteiger partial charge in [0.05, 0.1) is 0 Å². The molecule has 0 spiro atoms. The van der Waals surface area contributed by atoms with E-state index in [2.05, 4.69) is 9.97 Å². The Kier molecular flexibility index (Phi) is 4.68. The minimum absolute atomic E-state index is 0.0693. The Bertz CT molecular complexity index is 1120. The van der Waals surface area contributed by atoms with E-state index >= 15 is 0 Å². The van der Waals surface area contributed by atoms with E-state index in [1.54, 1.807) is 23.2 Å². The molecule has 4 rings (SSSR count). The van der Waals surface area contributed by atoms with Crippen molar-refractivity contribution >= 4 is 27.0 Å². The summed E-state index contributed by atoms with van der Waals surface area (Å²) in [5, 5.41) is 0.577. The molecule has 1 fully saturated rings. The summed E-state index contributed by atoms with van der Waals surface area (Å²) in [4.78, 5) is 21.8. The minimum atomic E-state index is -3.69. The summed E-state index contributed by atoms with van der Waals surface area (Å²) in [7, 11) is -3.69. The van der Waals surface area contributed by atoms with Crippen molar-refractivity contribution in [1.82, 2.24) is 19.2 Å². The number of aromatic amines is 1. The maximum absolute atomic E-state index is 13.2. The molecule has 0 bridgehead atoms. The van der Waals surface area contributed by atoms with Crippen LogP contribution in [0.2, 0.25) is 0 Å². The molecule has 1 aliphatic heterocycles. The van der Waals surface area contributed by atoms with Crippen LogP contribution >= 0.6 is 0 Å². The van der Waals surface area contributed by atoms with Gasteiger partial charge in [-0.25, -0.2) is 13.4 Å². The lowest BCUT2D eigenvalue weighted by Gasteiger charge is -2.38. The number of nitrogens with zero attached hydrogens (tertiary/aromatic N) is 3. The van der Waals surface area contributed by atoms with Crippen LogP contribution in [0, 0.1) is 6.92 Å². The summed E-state index contributed by atoms with van der Waals surface area (Å²) in [5.74, 6) is -0.0693. The van der Waals surface area contributed by atoms with E-state index in [-0.39, 0.29) is 23.4 Å². The first-order valence-corrected chi connectivity index (χ1v) is 10.6. The van der Waals surface area contributed by atoms with E-state index in [9.17, 15) is 13.2 Å². The van der Waals surface area contributed by atoms with E-state index in [1.165, 1.54) is 10.5 Å². The van der Waals surface area contributed by atoms with E-state index < -0.39 is 10.0 Å². The molecular formula is C20H22N4O3S. The molecule has 1 amide bonds. The normalized spacial score (nSPS) is 18.5. The molecule has 7 nitrogen and oxygen atoms in total. The predicted octanol–water partition coefficient (Wildman–Crippen LogP) is 2.41. The summed E-state index contributed by atoms with van der Waals surface area (Å²) in [6.07, 6.45) is 3.11. The second-order valence-corrected chi connectivity index (χ2v) is 8.99. The van der Waals surface area contributed by atoms with Gasteiger partial charge in [-0.1, -0.05) is 17.7 Å². The summed E-state index contributed by atoms with van der Waals surface area (Å²) in [5.41, 5.74) is 2.26. The highest BCUT2D eigenvalue weighted by atomic mass is 32.2. The van der Waals surface area contributed by atoms with Crippen LogP contribution in [0.25, 0.3) is 11.0 Å². The number of carbonyl (C=O) groups excluding carboxylic acids is 1. The number of carbonyl (C=O) groups is 1. The Balaban J connectivity index is 1.55. The monoisotopic (exact) mass is 398 g/mol. The molecule has 1 aromatic carbocycles. The van der Waals surface area contributed by atoms with Gasteiger partial charge >= 0.3 is 0 Å². The first-order valence-electron chi connectivity index (χ1n) is 9.18. The molecule has 0 aliphatic carbocycles. The Hall–Kier alpha value is -2.71. The molecule has 1 aliphatic rings. The number of amides is 1. The number of hydrogen-bond donors (Lipinski definition) is 1. The van der Waals surface area contributed by atoms with Crippen LogP contribution in [-0.2, 0) is 10.0 Å². The van der Waals surface area contributed by atoms with Crippen LogP contribution in [0.5, 0.6) is 0 Å². The van der Waals surface area contributed by atoms with Gasteiger partial charge in [0, 0.05) is 49.0 Å². The third-order valence-electron chi connectivity index (χ3n) is 5.15. The maximum Gasteiger partial charge on any atom is 0.253 e. The highest BCUT2D eigenvalue weighted by molar-refractivity contribution is 7.89. The molecule has 146 valence electrons. The van der Waals surface area contributed by atoms with Gasteiger partial charge in [0.15, 0.2) is 0 Å². The molecule has 1 unspecified atom stereocenters. The molecule has 3 heterocycles. The lowest BCUT2D eigenvalue weighted by atomic mass is 10.1. The van der Waals surface area contributed by atoms with Gasteiger partial charge in [-0.05, 0) is 38.1 Å². The smallest absolute Gasteiger partial charge is 0.253 e. The molecule has 1 atom stereocenters. The van der Waals surface area contributed by atoms with Gasteiger partial charge in [-0.2, -0.15) is 4.31 Å². The Morgan fingerprint density at radius 1 is 1.18 bits per heavy atom. The van der Waals surface area contributed by atoms with Crippen molar-refractivity contribution in [1.29, 1.82) is 0 Å². The quantitative estimate of drug-likeness (QED) is 0.734. The number of piperazine rings is 1. The van der Waals surface area contributed by atoms with Crippen molar-refractivity contribution in [3.63, 3.8) is 0 Å². The highest BCUT2D eigenvalue weighted by Crippen LogP contribution is 2.27. The zero-order valence-electron chi connectivity index (χ0n) is 15.8. The van der Waals surface area contributed by atoms with Crippen molar-refractivity contribution in [2.24, 2.45) is 0 Å². The standard InChI is InChI=1S/C20H22N4O3S/c1-14-5-7-16(8-6-14)20(25)23-10-11-24(15(2)13-23)28(26,27)18-12-22-19-17(18)4-3-9-21-19/h3-9,12,15H,10-11,13H2,1-2H3,(H,21,22). The summed E-state index contributed by atoms with van der Waals surface area (Å²) in [6, 6.07) is 10.6. The number of H-pyrrole nitrogens is 1. The van der Waals surface area contributed by atoms with Crippen LogP contribution in [0.3, 0.4) is 0 Å². The Morgan fingerprint density at radius 2 is 1.93 bits per heavy atom. The molecule has 28 heavy (non-hydrogen) atoms. The van der Waals surface area contributed by atoms with Crippen molar-refractivity contribution < 1.29 is 13.2 Å². The van der Waals surface area contributed by atoms with Crippen LogP contribution in [-0.4, -0.2) is 59.2 Å². The van der Waals surface area contributed by atoms with Crippen LogP contribution in [0.1, 0.15) is 22.8 Å². The molecule has 0 saturated carbocycles. The fourth-order valence-corrected chi connectivity index (χ4v) is 5.40. The summed E-state index contributed by atoms with van der Waals surface area (Å²) < 4.78 is 27.9. The molecule has 0 radical (unpaired) electrons. The third-order valence-corrected chi connectivity index (χ3v) is 7.21. The van der Waals surface area contributed by atoms with Gasteiger partial charge in [0.25, 0.3) is 5.91 Å². The largest absolute Gasteiger partial charge is 0.345 e. The van der Waals surface area contributed by atoms with E-state index in [0.29, 0.717) is 29.7 Å². The molecule has 2 aromatic heterocycles. The lowest BCUT2D eigenvalue weighted by Crippen LogP contribution is -2.55. The summed E-state index contributed by atoms with van der Waals surface area (Å²) in [6.45, 7) is 4.77. The first-order chi connectivity index (χ1) is 13.4. The van der Waals surface area contributed by atoms with Crippen molar-refractivity contribution in [2.75, 3.05) is 19.6 Å². The van der Waals surface area contributed by atoms with Crippen molar-refractivity contribution in [3.05, 3.63) is 59.9 Å². The number of aromatic nitrogens is 2. The lowest BCUT2D eigenvalue weighted by molar-refractivity contribution is 0.0642. The molecule has 3 aromatic rings. The van der Waals surface area contributed by atoms with Gasteiger partial charge < -0.3 is 9.88 Å². The number of pyridine rings is 1. The predicted molar refractivity (Wildman–Crippen MR) is 107 cm³/mol. The van der Waals surface area contributed by atoms with Crippen molar-refractivity contribution in [3.8, 4) is 0 Å². The zero-order chi connectivity index (χ0) is 19.9. The molecule has 1 N–H and O–H groups in total. The number of benzene rings is 1. The van der Waals surface area contributed by atoms with Gasteiger partial charge in [0.2, 0.25) is 10.0 Å². The minimum Gasteiger partial charge on any atom is -0.345 e. The Labute approximate surface area is 164 Å². The average molecular weight is 398 g/mol.